The van der Waals surface area contributed by atoms with Crippen molar-refractivity contribution < 1.29 is 87.8 Å². The van der Waals surface area contributed by atoms with E-state index in [1.165, 1.54) is 0 Å². The molecule has 0 heterocycles. The van der Waals surface area contributed by atoms with E-state index >= 15 is 0 Å². The van der Waals surface area contributed by atoms with Crippen molar-refractivity contribution in [2.75, 3.05) is 0 Å². The Kier molecular flexibility index (Phi) is 12.0. The normalized spacial score (nSPS) is 16.7. The molecule has 0 atom stereocenters. The molecule has 0 bridgehead atoms. The van der Waals surface area contributed by atoms with Crippen LogP contribution in [0.15, 0.2) is 0 Å². The van der Waals surface area contributed by atoms with Crippen molar-refractivity contribution in [1.82, 2.24) is 0 Å². The summed E-state index contributed by atoms with van der Waals surface area (Å²) in [6.45, 7) is 0. The lowest BCUT2D eigenvalue weighted by molar-refractivity contribution is -0.469. The van der Waals surface area contributed by atoms with Gasteiger partial charge in [0.2, 0.25) is 0 Å². The summed E-state index contributed by atoms with van der Waals surface area (Å²) in [6, 6.07) is -12.8. The van der Waals surface area contributed by atoms with E-state index in [1.54, 1.807) is 0 Å². The van der Waals surface area contributed by atoms with Crippen molar-refractivity contribution in [3.63, 3.8) is 0 Å². The summed E-state index contributed by atoms with van der Waals surface area (Å²) in [5.74, 6) is -82.8. The van der Waals surface area contributed by atoms with Crippen LogP contribution in [0.2, 0.25) is 12.1 Å². The van der Waals surface area contributed by atoms with Gasteiger partial charge in [-0.05, 0) is 12.1 Å². The smallest absolute Gasteiger partial charge is 0.200 e. The lowest BCUT2D eigenvalue weighted by atomic mass is 9.85. The van der Waals surface area contributed by atoms with Gasteiger partial charge in [0, 0.05) is 12.8 Å². The molecule has 42 heavy (non-hydrogen) atoms. The van der Waals surface area contributed by atoms with Crippen LogP contribution in [0.1, 0.15) is 12.8 Å². The van der Waals surface area contributed by atoms with Gasteiger partial charge in [0.05, 0.1) is 0 Å². The van der Waals surface area contributed by atoms with Gasteiger partial charge in [0.25, 0.3) is 0 Å². The first-order valence-electron chi connectivity index (χ1n) is 9.58. The maximum Gasteiger partial charge on any atom is 0.385 e. The number of alkyl halides is 20. The molecule has 0 radical (unpaired) electrons. The molecule has 0 aromatic rings. The quantitative estimate of drug-likeness (QED) is 0.0877. The van der Waals surface area contributed by atoms with E-state index < -0.39 is 96.2 Å². The van der Waals surface area contributed by atoms with Crippen LogP contribution < -0.4 is 0 Å². The molecule has 0 spiro atoms. The van der Waals surface area contributed by atoms with Crippen LogP contribution in [-0.2, 0) is 0 Å². The van der Waals surface area contributed by atoms with E-state index in [0.717, 1.165) is 0 Å². The topological polar surface area (TPSA) is 0 Å². The van der Waals surface area contributed by atoms with Crippen LogP contribution in [0.4, 0.5) is 87.8 Å². The largest absolute Gasteiger partial charge is 0.385 e. The summed E-state index contributed by atoms with van der Waals surface area (Å²) >= 11 is 29.9. The first-order chi connectivity index (χ1) is 17.7. The Hall–Kier alpha value is 0.774. The maximum atomic E-state index is 13.9. The van der Waals surface area contributed by atoms with Crippen LogP contribution >= 0.6 is 66.5 Å². The Morgan fingerprint density at radius 2 is 0.429 bits per heavy atom. The van der Waals surface area contributed by atoms with E-state index in [0.29, 0.717) is 0 Å². The van der Waals surface area contributed by atoms with Crippen molar-refractivity contribution in [2.24, 2.45) is 0 Å². The fourth-order valence-electron chi connectivity index (χ4n) is 2.55. The van der Waals surface area contributed by atoms with Gasteiger partial charge < -0.3 is 0 Å². The Labute approximate surface area is 250 Å². The third-order valence-electron chi connectivity index (χ3n) is 5.12. The molecule has 254 valence electrons. The van der Waals surface area contributed by atoms with Gasteiger partial charge in [-0.2, -0.15) is 87.8 Å². The number of hydrogen-bond acceptors (Lipinski definition) is 0. The first-order valence-corrected chi connectivity index (χ1v) is 20.1. The van der Waals surface area contributed by atoms with Crippen molar-refractivity contribution in [3.05, 3.63) is 0 Å². The Morgan fingerprint density at radius 3 is 0.571 bits per heavy atom. The maximum absolute atomic E-state index is 13.9. The molecule has 0 N–H and O–H groups in total. The van der Waals surface area contributed by atoms with Gasteiger partial charge in [-0.1, -0.05) is 0 Å². The van der Waals surface area contributed by atoms with E-state index in [4.69, 9.17) is 66.5 Å². The van der Waals surface area contributed by atoms with Gasteiger partial charge in [0.1, 0.15) is 0 Å². The van der Waals surface area contributed by atoms with Crippen LogP contribution in [0.3, 0.4) is 0 Å². The Balaban J connectivity index is 6.97. The van der Waals surface area contributed by atoms with Crippen LogP contribution in [-0.4, -0.2) is 71.2 Å². The minimum absolute atomic E-state index is 1.84. The molecule has 0 rings (SSSR count). The molecule has 0 aliphatic heterocycles. The monoisotopic (exact) mass is 822 g/mol. The summed E-state index contributed by atoms with van der Waals surface area (Å²) in [7, 11) is 0. The highest BCUT2D eigenvalue weighted by Gasteiger charge is 2.97. The predicted molar refractivity (Wildman–Crippen MR) is 115 cm³/mol. The van der Waals surface area contributed by atoms with Gasteiger partial charge in [0.15, 0.2) is 0 Å². The molecular weight excluding hydrogens is 817 g/mol. The fourth-order valence-corrected chi connectivity index (χ4v) is 5.45. The van der Waals surface area contributed by atoms with E-state index in [9.17, 15) is 87.8 Å². The van der Waals surface area contributed by atoms with Crippen LogP contribution in [0, 0.1) is 0 Å². The molecule has 0 aliphatic carbocycles. The zero-order valence-electron chi connectivity index (χ0n) is 18.7. The fraction of sp³-hybridized carbons (Fsp3) is 1.00. The number of hydrogen-bond donors (Lipinski definition) is 0. The van der Waals surface area contributed by atoms with Crippen molar-refractivity contribution >= 4 is 78.5 Å². The molecule has 0 aliphatic rings. The average Bonchev–Trinajstić information content (AvgIpc) is 2.74. The highest BCUT2D eigenvalue weighted by Crippen LogP contribution is 2.66. The lowest BCUT2D eigenvalue weighted by Gasteiger charge is -2.45. The predicted octanol–water partition coefficient (Wildman–Crippen LogP) is 11.4. The number of halogens is 26. The second-order valence-corrected chi connectivity index (χ2v) is 26.8. The first kappa shape index (κ1) is 42.8. The average molecular weight is 825 g/mol. The Bertz CT molecular complexity index is 884. The van der Waals surface area contributed by atoms with Crippen molar-refractivity contribution in [3.8, 4) is 0 Å². The SMILES string of the molecule is FC(F)(CC[Si](Cl)(Cl)Cl)C(F)(F)C(F)(F)C(F)(F)C(F)(F)C(F)(F)C(F)(F)C(F)(F)C(F)(F)C(F)(F)CC[Si](Cl)(Cl)Cl. The molecule has 0 nitrogen and oxygen atoms in total. The molecular formula is C14H8Cl6F20Si2. The summed E-state index contributed by atoms with van der Waals surface area (Å²) in [5, 5.41) is 0. The molecule has 28 heteroatoms. The highest BCUT2D eigenvalue weighted by atomic mass is 35.8. The third kappa shape index (κ3) is 7.03. The van der Waals surface area contributed by atoms with E-state index in [1.807, 2.05) is 0 Å². The minimum Gasteiger partial charge on any atom is -0.200 e. The van der Waals surface area contributed by atoms with Crippen LogP contribution in [0.25, 0.3) is 0 Å². The van der Waals surface area contributed by atoms with Gasteiger partial charge in [-0.3, -0.25) is 0 Å². The highest BCUT2D eigenvalue weighted by molar-refractivity contribution is 7.65. The summed E-state index contributed by atoms with van der Waals surface area (Å²) in [6.07, 6.45) is -5.77. The molecule has 0 fully saturated rings. The second kappa shape index (κ2) is 11.8. The van der Waals surface area contributed by atoms with E-state index in [2.05, 4.69) is 0 Å². The zero-order valence-corrected chi connectivity index (χ0v) is 25.2. The summed E-state index contributed by atoms with van der Waals surface area (Å²) < 4.78 is 276. The molecule has 0 saturated heterocycles. The minimum atomic E-state index is -9.12. The van der Waals surface area contributed by atoms with Gasteiger partial charge in [-0.15, -0.1) is 66.5 Å². The standard InChI is InChI=1S/C14H8Cl6F20Si2/c15-41(16,17)3-1-5(21,22)7(25,26)9(29,30)11(33,34)13(37,38)14(39,40)12(35,36)10(31,32)8(27,28)6(23,24)2-4-42(18,19)20/h1-4H2. The molecule has 0 aromatic carbocycles. The van der Waals surface area contributed by atoms with Crippen molar-refractivity contribution in [2.45, 2.75) is 84.2 Å². The van der Waals surface area contributed by atoms with Gasteiger partial charge in [-0.25, -0.2) is 0 Å². The number of rotatable bonds is 15. The molecule has 0 saturated carbocycles. The van der Waals surface area contributed by atoms with E-state index in [-0.39, 0.29) is 0 Å². The third-order valence-corrected chi connectivity index (χ3v) is 10.2. The van der Waals surface area contributed by atoms with Crippen molar-refractivity contribution in [1.29, 1.82) is 0 Å². The molecule has 0 amide bonds. The van der Waals surface area contributed by atoms with Gasteiger partial charge >= 0.3 is 71.2 Å². The zero-order chi connectivity index (χ0) is 34.8. The summed E-state index contributed by atoms with van der Waals surface area (Å²) in [5.41, 5.74) is 0. The molecule has 0 aromatic heterocycles. The lowest BCUT2D eigenvalue weighted by Crippen LogP contribution is -2.77. The Morgan fingerprint density at radius 1 is 0.286 bits per heavy atom. The molecule has 0 unspecified atom stereocenters. The second-order valence-electron chi connectivity index (χ2n) is 8.23. The summed E-state index contributed by atoms with van der Waals surface area (Å²) in [4.78, 5) is 0. The van der Waals surface area contributed by atoms with Crippen LogP contribution in [0.5, 0.6) is 0 Å².